The topological polar surface area (TPSA) is 58.2 Å². The van der Waals surface area contributed by atoms with Gasteiger partial charge in [-0.3, -0.25) is 9.59 Å². The van der Waals surface area contributed by atoms with Gasteiger partial charge in [0.1, 0.15) is 5.82 Å². The van der Waals surface area contributed by atoms with E-state index in [1.54, 1.807) is 12.1 Å². The minimum atomic E-state index is -0.502. The Balaban J connectivity index is 1.79. The fraction of sp³-hybridized carbons (Fsp3) is 0.280. The maximum atomic E-state index is 13.4. The number of carbonyl (C=O) groups is 2. The van der Waals surface area contributed by atoms with Crippen molar-refractivity contribution in [3.8, 4) is 0 Å². The van der Waals surface area contributed by atoms with Crippen LogP contribution in [0.1, 0.15) is 45.1 Å². The van der Waals surface area contributed by atoms with Crippen LogP contribution in [0.3, 0.4) is 0 Å². The van der Waals surface area contributed by atoms with Crippen LogP contribution in [0.25, 0.3) is 0 Å². The molecular formula is C25H24ClFN2O2. The molecule has 0 radical (unpaired) electrons. The second-order valence-corrected chi connectivity index (χ2v) is 9.38. The average molecular weight is 439 g/mol. The maximum absolute atomic E-state index is 13.4. The molecule has 0 saturated carbocycles. The Morgan fingerprint density at radius 1 is 1.10 bits per heavy atom. The van der Waals surface area contributed by atoms with Gasteiger partial charge in [0.2, 0.25) is 0 Å². The molecule has 0 unspecified atom stereocenters. The molecule has 0 saturated heterocycles. The second-order valence-electron chi connectivity index (χ2n) is 8.94. The van der Waals surface area contributed by atoms with E-state index in [0.717, 1.165) is 17.7 Å². The van der Waals surface area contributed by atoms with Crippen LogP contribution in [0.5, 0.6) is 0 Å². The molecule has 4 rings (SSSR count). The number of ketones is 1. The molecule has 1 heterocycles. The number of halogens is 2. The third-order valence-corrected chi connectivity index (χ3v) is 6.04. The van der Waals surface area contributed by atoms with E-state index in [1.165, 1.54) is 24.3 Å². The second kappa shape index (κ2) is 7.97. The molecule has 31 heavy (non-hydrogen) atoms. The van der Waals surface area contributed by atoms with Gasteiger partial charge in [-0.15, -0.1) is 0 Å². The standard InChI is InChI=1S/C25H24ClFN2O2/c1-14-21(24(31)29-18-10-8-17(27)9-11-18)22(15-4-6-16(26)7-5-15)23-19(28-14)12-25(2,3)13-20(23)30/h4-11,22,28H,12-13H2,1-3H3,(H,29,31)/t22-/m0/s1. The third kappa shape index (κ3) is 4.28. The van der Waals surface area contributed by atoms with Gasteiger partial charge in [-0.2, -0.15) is 0 Å². The number of amides is 1. The molecule has 4 nitrogen and oxygen atoms in total. The van der Waals surface area contributed by atoms with E-state index < -0.39 is 5.92 Å². The highest BCUT2D eigenvalue weighted by Gasteiger charge is 2.42. The van der Waals surface area contributed by atoms with Gasteiger partial charge >= 0.3 is 0 Å². The highest BCUT2D eigenvalue weighted by Crippen LogP contribution is 2.46. The summed E-state index contributed by atoms with van der Waals surface area (Å²) in [5.74, 6) is -1.17. The van der Waals surface area contributed by atoms with Gasteiger partial charge in [0.25, 0.3) is 5.91 Å². The van der Waals surface area contributed by atoms with E-state index in [4.69, 9.17) is 11.6 Å². The Bertz CT molecular complexity index is 1120. The number of hydrogen-bond acceptors (Lipinski definition) is 3. The van der Waals surface area contributed by atoms with Gasteiger partial charge in [0.05, 0.1) is 0 Å². The quantitative estimate of drug-likeness (QED) is 0.644. The largest absolute Gasteiger partial charge is 0.362 e. The highest BCUT2D eigenvalue weighted by atomic mass is 35.5. The fourth-order valence-corrected chi connectivity index (χ4v) is 4.58. The first-order valence-corrected chi connectivity index (χ1v) is 10.6. The zero-order valence-corrected chi connectivity index (χ0v) is 18.4. The lowest BCUT2D eigenvalue weighted by Gasteiger charge is -2.39. The molecule has 2 aromatic carbocycles. The van der Waals surface area contributed by atoms with E-state index in [0.29, 0.717) is 34.0 Å². The Kier molecular flexibility index (Phi) is 5.48. The number of benzene rings is 2. The number of dihydropyridines is 1. The van der Waals surface area contributed by atoms with Crippen LogP contribution in [0, 0.1) is 11.2 Å². The molecule has 1 atom stereocenters. The lowest BCUT2D eigenvalue weighted by molar-refractivity contribution is -0.118. The molecule has 1 aliphatic carbocycles. The van der Waals surface area contributed by atoms with Crippen LogP contribution >= 0.6 is 11.6 Å². The molecule has 1 aliphatic heterocycles. The van der Waals surface area contributed by atoms with Crippen molar-refractivity contribution in [1.82, 2.24) is 5.32 Å². The van der Waals surface area contributed by atoms with E-state index in [-0.39, 0.29) is 22.9 Å². The molecule has 160 valence electrons. The van der Waals surface area contributed by atoms with E-state index >= 15 is 0 Å². The van der Waals surface area contributed by atoms with Crippen molar-refractivity contribution in [3.63, 3.8) is 0 Å². The summed E-state index contributed by atoms with van der Waals surface area (Å²) in [5.41, 5.74) is 3.84. The van der Waals surface area contributed by atoms with Gasteiger partial charge in [-0.05, 0) is 60.7 Å². The molecule has 0 bridgehead atoms. The number of anilines is 1. The Morgan fingerprint density at radius 3 is 2.39 bits per heavy atom. The molecular weight excluding hydrogens is 415 g/mol. The number of hydrogen-bond donors (Lipinski definition) is 2. The van der Waals surface area contributed by atoms with Crippen LogP contribution in [0.15, 0.2) is 71.1 Å². The van der Waals surface area contributed by atoms with Crippen molar-refractivity contribution < 1.29 is 14.0 Å². The van der Waals surface area contributed by atoms with Crippen molar-refractivity contribution in [2.45, 2.75) is 39.5 Å². The molecule has 2 N–H and O–H groups in total. The molecule has 2 aliphatic rings. The van der Waals surface area contributed by atoms with Crippen LogP contribution < -0.4 is 10.6 Å². The summed E-state index contributed by atoms with van der Waals surface area (Å²) in [5, 5.41) is 6.76. The number of allylic oxidation sites excluding steroid dienone is 3. The Hall–Kier alpha value is -2.92. The zero-order valence-electron chi connectivity index (χ0n) is 17.7. The first-order valence-electron chi connectivity index (χ1n) is 10.2. The third-order valence-electron chi connectivity index (χ3n) is 5.79. The molecule has 0 fully saturated rings. The first kappa shape index (κ1) is 21.3. The minimum absolute atomic E-state index is 0.0401. The smallest absolute Gasteiger partial charge is 0.254 e. The van der Waals surface area contributed by atoms with Crippen molar-refractivity contribution >= 4 is 29.0 Å². The predicted octanol–water partition coefficient (Wildman–Crippen LogP) is 5.72. The monoisotopic (exact) mass is 438 g/mol. The van der Waals surface area contributed by atoms with Gasteiger partial charge < -0.3 is 10.6 Å². The molecule has 0 aromatic heterocycles. The molecule has 0 spiro atoms. The lowest BCUT2D eigenvalue weighted by Crippen LogP contribution is -2.39. The van der Waals surface area contributed by atoms with Gasteiger partial charge in [-0.1, -0.05) is 37.6 Å². The summed E-state index contributed by atoms with van der Waals surface area (Å²) in [6.45, 7) is 5.99. The van der Waals surface area contributed by atoms with Crippen LogP contribution in [-0.2, 0) is 9.59 Å². The lowest BCUT2D eigenvalue weighted by atomic mass is 9.68. The number of rotatable bonds is 3. The molecule has 1 amide bonds. The molecule has 2 aromatic rings. The number of Topliss-reactive ketones (excluding diaryl/α,β-unsaturated/α-hetero) is 1. The van der Waals surface area contributed by atoms with Gasteiger partial charge in [-0.25, -0.2) is 4.39 Å². The SMILES string of the molecule is CC1=C(C(=O)Nc2ccc(F)cc2)[C@H](c2ccc(Cl)cc2)C2=C(CC(C)(C)CC2=O)N1. The van der Waals surface area contributed by atoms with Crippen LogP contribution in [-0.4, -0.2) is 11.7 Å². The number of nitrogens with one attached hydrogen (secondary N) is 2. The van der Waals surface area contributed by atoms with Gasteiger partial charge in [0, 0.05) is 45.6 Å². The van der Waals surface area contributed by atoms with Crippen molar-refractivity contribution in [3.05, 3.63) is 87.5 Å². The summed E-state index contributed by atoms with van der Waals surface area (Å²) in [6.07, 6.45) is 1.14. The van der Waals surface area contributed by atoms with Crippen molar-refractivity contribution in [1.29, 1.82) is 0 Å². The Morgan fingerprint density at radius 2 is 1.74 bits per heavy atom. The Labute approximate surface area is 186 Å². The van der Waals surface area contributed by atoms with Crippen LogP contribution in [0.4, 0.5) is 10.1 Å². The van der Waals surface area contributed by atoms with E-state index in [2.05, 4.69) is 24.5 Å². The van der Waals surface area contributed by atoms with E-state index in [9.17, 15) is 14.0 Å². The van der Waals surface area contributed by atoms with Crippen molar-refractivity contribution in [2.75, 3.05) is 5.32 Å². The van der Waals surface area contributed by atoms with E-state index in [1.807, 2.05) is 19.1 Å². The summed E-state index contributed by atoms with van der Waals surface area (Å²) in [6, 6.07) is 12.8. The normalized spacial score (nSPS) is 20.3. The average Bonchev–Trinajstić information content (AvgIpc) is 2.68. The summed E-state index contributed by atoms with van der Waals surface area (Å²) < 4.78 is 13.3. The predicted molar refractivity (Wildman–Crippen MR) is 120 cm³/mol. The fourth-order valence-electron chi connectivity index (χ4n) is 4.46. The summed E-state index contributed by atoms with van der Waals surface area (Å²) in [7, 11) is 0. The minimum Gasteiger partial charge on any atom is -0.362 e. The summed E-state index contributed by atoms with van der Waals surface area (Å²) >= 11 is 6.09. The highest BCUT2D eigenvalue weighted by molar-refractivity contribution is 6.30. The maximum Gasteiger partial charge on any atom is 0.254 e. The van der Waals surface area contributed by atoms with Gasteiger partial charge in [0.15, 0.2) is 5.78 Å². The van der Waals surface area contributed by atoms with Crippen LogP contribution in [0.2, 0.25) is 5.02 Å². The van der Waals surface area contributed by atoms with Crippen molar-refractivity contribution in [2.24, 2.45) is 5.41 Å². The number of carbonyl (C=O) groups excluding carboxylic acids is 2. The zero-order chi connectivity index (χ0) is 22.3. The summed E-state index contributed by atoms with van der Waals surface area (Å²) in [4.78, 5) is 26.6. The first-order chi connectivity index (χ1) is 14.6. The molecule has 6 heteroatoms.